The lowest BCUT2D eigenvalue weighted by Gasteiger charge is -1.98. The minimum absolute atomic E-state index is 0.197. The van der Waals surface area contributed by atoms with Crippen molar-refractivity contribution >= 4 is 29.4 Å². The van der Waals surface area contributed by atoms with E-state index in [1.54, 1.807) is 19.1 Å². The van der Waals surface area contributed by atoms with Crippen molar-refractivity contribution in [2.45, 2.75) is 13.3 Å². The van der Waals surface area contributed by atoms with Crippen LogP contribution in [0.4, 0.5) is 0 Å². The third-order valence-electron chi connectivity index (χ3n) is 3.78. The molecule has 0 aliphatic heterocycles. The highest BCUT2D eigenvalue weighted by Gasteiger charge is 2.15. The minimum atomic E-state index is -0.987. The maximum absolute atomic E-state index is 12.3. The topological polar surface area (TPSA) is 91.7 Å². The monoisotopic (exact) mass is 379 g/mol. The molecule has 0 aliphatic carbocycles. The van der Waals surface area contributed by atoms with Gasteiger partial charge in [0.1, 0.15) is 4.88 Å². The van der Waals surface area contributed by atoms with Crippen LogP contribution in [0, 0.1) is 6.92 Å². The summed E-state index contributed by atoms with van der Waals surface area (Å²) in [6, 6.07) is 16.2. The first kappa shape index (κ1) is 18.5. The summed E-state index contributed by atoms with van der Waals surface area (Å²) in [5, 5.41) is 13.7. The number of nitrogens with zero attached hydrogens (tertiary/aromatic N) is 2. The molecule has 6 nitrogen and oxygen atoms in total. The van der Waals surface area contributed by atoms with E-state index in [2.05, 4.69) is 15.5 Å². The average molecular weight is 379 g/mol. The van der Waals surface area contributed by atoms with Crippen LogP contribution in [0.5, 0.6) is 0 Å². The second-order valence-electron chi connectivity index (χ2n) is 5.81. The molecule has 0 saturated heterocycles. The number of aromatic nitrogens is 1. The summed E-state index contributed by atoms with van der Waals surface area (Å²) >= 11 is 1.35. The summed E-state index contributed by atoms with van der Waals surface area (Å²) in [6.07, 6.45) is 2.14. The van der Waals surface area contributed by atoms with Gasteiger partial charge in [-0.15, -0.1) is 11.3 Å². The molecule has 1 aromatic heterocycles. The van der Waals surface area contributed by atoms with Gasteiger partial charge < -0.3 is 5.11 Å². The predicted octanol–water partition coefficient (Wildman–Crippen LogP) is 3.50. The van der Waals surface area contributed by atoms with Crippen molar-refractivity contribution in [1.82, 2.24) is 10.4 Å². The Kier molecular flexibility index (Phi) is 5.73. The number of rotatable bonds is 6. The van der Waals surface area contributed by atoms with Gasteiger partial charge in [-0.2, -0.15) is 5.10 Å². The summed E-state index contributed by atoms with van der Waals surface area (Å²) in [6.45, 7) is 1.80. The summed E-state index contributed by atoms with van der Waals surface area (Å²) < 4.78 is 0. The third-order valence-corrected chi connectivity index (χ3v) is 4.94. The summed E-state index contributed by atoms with van der Waals surface area (Å²) in [5.41, 5.74) is 5.18. The van der Waals surface area contributed by atoms with E-state index in [4.69, 9.17) is 5.11 Å². The molecule has 1 amide bonds. The first-order valence-corrected chi connectivity index (χ1v) is 9.01. The van der Waals surface area contributed by atoms with Crippen LogP contribution in [0.3, 0.4) is 0 Å². The van der Waals surface area contributed by atoms with E-state index < -0.39 is 5.97 Å². The molecule has 27 heavy (non-hydrogen) atoms. The maximum Gasteiger partial charge on any atom is 0.335 e. The molecule has 3 rings (SSSR count). The van der Waals surface area contributed by atoms with Gasteiger partial charge in [0.25, 0.3) is 5.91 Å². The molecule has 0 fully saturated rings. The molecule has 3 aromatic rings. The number of thiazole rings is 1. The predicted molar refractivity (Wildman–Crippen MR) is 105 cm³/mol. The number of hydrogen-bond acceptors (Lipinski definition) is 5. The Morgan fingerprint density at radius 3 is 2.52 bits per heavy atom. The second-order valence-corrected chi connectivity index (χ2v) is 6.89. The van der Waals surface area contributed by atoms with Gasteiger partial charge in [-0.05, 0) is 30.2 Å². The minimum Gasteiger partial charge on any atom is -0.478 e. The van der Waals surface area contributed by atoms with E-state index in [0.717, 1.165) is 10.6 Å². The molecule has 0 bridgehead atoms. The average Bonchev–Trinajstić information content (AvgIpc) is 3.03. The van der Waals surface area contributed by atoms with E-state index in [0.29, 0.717) is 22.6 Å². The number of carboxylic acid groups (broad SMARTS) is 1. The molecule has 0 aliphatic rings. The van der Waals surface area contributed by atoms with E-state index in [1.165, 1.54) is 29.7 Å². The fraction of sp³-hybridized carbons (Fsp3) is 0.100. The Bertz CT molecular complexity index is 979. The molecule has 0 atom stereocenters. The Morgan fingerprint density at radius 1 is 1.15 bits per heavy atom. The van der Waals surface area contributed by atoms with Gasteiger partial charge in [0.05, 0.1) is 22.5 Å². The highest BCUT2D eigenvalue weighted by molar-refractivity contribution is 7.13. The van der Waals surface area contributed by atoms with Crippen molar-refractivity contribution in [2.24, 2.45) is 5.10 Å². The van der Waals surface area contributed by atoms with Crippen LogP contribution < -0.4 is 5.43 Å². The lowest BCUT2D eigenvalue weighted by atomic mass is 10.1. The molecule has 0 unspecified atom stereocenters. The molecule has 0 saturated carbocycles. The van der Waals surface area contributed by atoms with Gasteiger partial charge in [-0.25, -0.2) is 15.2 Å². The van der Waals surface area contributed by atoms with Gasteiger partial charge >= 0.3 is 5.97 Å². The quantitative estimate of drug-likeness (QED) is 0.506. The Balaban J connectivity index is 1.63. The third kappa shape index (κ3) is 4.86. The number of benzene rings is 2. The van der Waals surface area contributed by atoms with Crippen molar-refractivity contribution in [1.29, 1.82) is 0 Å². The Labute approximate surface area is 160 Å². The lowest BCUT2D eigenvalue weighted by molar-refractivity contribution is 0.0696. The molecule has 2 aromatic carbocycles. The van der Waals surface area contributed by atoms with Crippen molar-refractivity contribution in [3.63, 3.8) is 0 Å². The fourth-order valence-corrected chi connectivity index (χ4v) is 3.43. The highest BCUT2D eigenvalue weighted by Crippen LogP contribution is 2.20. The van der Waals surface area contributed by atoms with Gasteiger partial charge in [-0.3, -0.25) is 4.79 Å². The number of carboxylic acids is 1. The Hall–Kier alpha value is -3.32. The van der Waals surface area contributed by atoms with Crippen molar-refractivity contribution < 1.29 is 14.7 Å². The van der Waals surface area contributed by atoms with Crippen LogP contribution in [-0.4, -0.2) is 28.2 Å². The largest absolute Gasteiger partial charge is 0.478 e. The van der Waals surface area contributed by atoms with Crippen molar-refractivity contribution in [3.8, 4) is 0 Å². The number of hydrazone groups is 1. The van der Waals surface area contributed by atoms with Gasteiger partial charge in [0.15, 0.2) is 0 Å². The highest BCUT2D eigenvalue weighted by atomic mass is 32.1. The van der Waals surface area contributed by atoms with Crippen molar-refractivity contribution in [3.05, 3.63) is 86.9 Å². The van der Waals surface area contributed by atoms with Crippen LogP contribution in [-0.2, 0) is 6.42 Å². The van der Waals surface area contributed by atoms with E-state index in [9.17, 15) is 9.59 Å². The van der Waals surface area contributed by atoms with Crippen molar-refractivity contribution in [2.75, 3.05) is 0 Å². The summed E-state index contributed by atoms with van der Waals surface area (Å²) in [5.74, 6) is -1.30. The SMILES string of the molecule is Cc1nc(Cc2ccccc2)sc1C(=O)NN=Cc1ccc(C(=O)O)cc1. The smallest absolute Gasteiger partial charge is 0.335 e. The van der Waals surface area contributed by atoms with Crippen LogP contribution in [0.25, 0.3) is 0 Å². The molecule has 0 spiro atoms. The molecule has 7 heteroatoms. The normalized spacial score (nSPS) is 10.9. The van der Waals surface area contributed by atoms with Gasteiger partial charge in [0.2, 0.25) is 0 Å². The summed E-state index contributed by atoms with van der Waals surface area (Å²) in [7, 11) is 0. The molecular weight excluding hydrogens is 362 g/mol. The fourth-order valence-electron chi connectivity index (χ4n) is 2.44. The van der Waals surface area contributed by atoms with Crippen LogP contribution >= 0.6 is 11.3 Å². The zero-order chi connectivity index (χ0) is 19.2. The van der Waals surface area contributed by atoms with Crippen LogP contribution in [0.1, 0.15) is 41.9 Å². The number of nitrogens with one attached hydrogen (secondary N) is 1. The Morgan fingerprint density at radius 2 is 1.85 bits per heavy atom. The first-order valence-electron chi connectivity index (χ1n) is 8.20. The zero-order valence-corrected chi connectivity index (χ0v) is 15.4. The molecule has 1 heterocycles. The maximum atomic E-state index is 12.3. The number of hydrogen-bond donors (Lipinski definition) is 2. The van der Waals surface area contributed by atoms with E-state index in [-0.39, 0.29) is 11.5 Å². The zero-order valence-electron chi connectivity index (χ0n) is 14.5. The number of carbonyl (C=O) groups is 2. The van der Waals surface area contributed by atoms with Gasteiger partial charge in [0, 0.05) is 6.42 Å². The number of aromatic carboxylic acids is 1. The first-order chi connectivity index (χ1) is 13.0. The summed E-state index contributed by atoms with van der Waals surface area (Å²) in [4.78, 5) is 28.2. The van der Waals surface area contributed by atoms with Crippen LogP contribution in [0.2, 0.25) is 0 Å². The molecule has 2 N–H and O–H groups in total. The standard InChI is InChI=1S/C20H17N3O3S/c1-13-18(27-17(22-13)11-14-5-3-2-4-6-14)19(24)23-21-12-15-7-9-16(10-8-15)20(25)26/h2-10,12H,11H2,1H3,(H,23,24)(H,25,26). The second kappa shape index (κ2) is 8.37. The molecule has 136 valence electrons. The van der Waals surface area contributed by atoms with Gasteiger partial charge in [-0.1, -0.05) is 42.5 Å². The lowest BCUT2D eigenvalue weighted by Crippen LogP contribution is -2.17. The number of carbonyl (C=O) groups excluding carboxylic acids is 1. The number of aryl methyl sites for hydroxylation is 1. The van der Waals surface area contributed by atoms with E-state index >= 15 is 0 Å². The van der Waals surface area contributed by atoms with Crippen LogP contribution in [0.15, 0.2) is 59.7 Å². The molecule has 0 radical (unpaired) electrons. The molecular formula is C20H17N3O3S. The number of amides is 1. The van der Waals surface area contributed by atoms with E-state index in [1.807, 2.05) is 30.3 Å².